The van der Waals surface area contributed by atoms with Gasteiger partial charge in [0.1, 0.15) is 29.5 Å². The lowest BCUT2D eigenvalue weighted by atomic mass is 9.85. The van der Waals surface area contributed by atoms with E-state index in [4.69, 9.17) is 21.1 Å². The van der Waals surface area contributed by atoms with Crippen LogP contribution in [0.1, 0.15) is 66.2 Å². The third-order valence-electron chi connectivity index (χ3n) is 10.4. The van der Waals surface area contributed by atoms with Gasteiger partial charge in [-0.15, -0.1) is 0 Å². The Hall–Kier alpha value is -4.06. The Morgan fingerprint density at radius 3 is 2.35 bits per heavy atom. The van der Waals surface area contributed by atoms with Gasteiger partial charge in [-0.05, 0) is 74.5 Å². The van der Waals surface area contributed by atoms with Crippen LogP contribution in [0.2, 0.25) is 5.02 Å². The summed E-state index contributed by atoms with van der Waals surface area (Å²) in [7, 11) is -2.48. The molecule has 2 heterocycles. The lowest BCUT2D eigenvalue weighted by Crippen LogP contribution is -2.60. The highest BCUT2D eigenvalue weighted by Crippen LogP contribution is 2.57. The molecule has 14 nitrogen and oxygen atoms in total. The van der Waals surface area contributed by atoms with Gasteiger partial charge < -0.3 is 29.7 Å². The van der Waals surface area contributed by atoms with Crippen LogP contribution < -0.4 is 24.8 Å². The average Bonchev–Trinajstić information content (AvgIpc) is 3.95. The van der Waals surface area contributed by atoms with Crippen molar-refractivity contribution in [3.05, 3.63) is 29.4 Å². The highest BCUT2D eigenvalue weighted by atomic mass is 35.5. The number of likely N-dealkylation sites (tertiary alicyclic amines) is 1. The van der Waals surface area contributed by atoms with Crippen LogP contribution in [0.3, 0.4) is 0 Å². The number of alkyl halides is 3. The fraction of sp³-hybridized carbons (Fsp3) is 0.629. The van der Waals surface area contributed by atoms with Crippen molar-refractivity contribution in [3.63, 3.8) is 0 Å². The summed E-state index contributed by atoms with van der Waals surface area (Å²) in [5, 5.41) is 5.83. The van der Waals surface area contributed by atoms with Crippen molar-refractivity contribution in [1.82, 2.24) is 25.2 Å². The van der Waals surface area contributed by atoms with Gasteiger partial charge in [-0.25, -0.2) is 18.2 Å². The molecule has 19 heteroatoms. The number of carbonyl (C=O) groups is 4. The predicted molar refractivity (Wildman–Crippen MR) is 188 cm³/mol. The SMILES string of the molecule is COc1cnc(O[C@@H]2C[C@@H](C(=O)N[C@]3(C(=O)NS(=O)(=O)C4CC4)C[C@H]3C3CC3)N(C(=O)[C@@H](NC(=O)O[C@H](C)C(F)(F)F)C(C)(C)C)C2)c2cc(Cl)ccc12. The van der Waals surface area contributed by atoms with Gasteiger partial charge in [0, 0.05) is 22.2 Å². The number of halogens is 4. The fourth-order valence-corrected chi connectivity index (χ4v) is 8.49. The number of hydrogen-bond donors (Lipinski definition) is 3. The molecule has 3 aliphatic carbocycles. The molecule has 0 bridgehead atoms. The number of ether oxygens (including phenoxy) is 3. The van der Waals surface area contributed by atoms with Gasteiger partial charge in [-0.2, -0.15) is 13.2 Å². The number of aromatic nitrogens is 1. The van der Waals surface area contributed by atoms with Gasteiger partial charge in [0.15, 0.2) is 6.10 Å². The molecule has 4 aliphatic rings. The van der Waals surface area contributed by atoms with Crippen LogP contribution >= 0.6 is 11.6 Å². The number of nitrogens with zero attached hydrogens (tertiary/aromatic N) is 2. The van der Waals surface area contributed by atoms with Crippen LogP contribution in [-0.4, -0.2) is 97.0 Å². The van der Waals surface area contributed by atoms with Gasteiger partial charge in [0.25, 0.3) is 5.91 Å². The van der Waals surface area contributed by atoms with E-state index in [9.17, 15) is 40.8 Å². The summed E-state index contributed by atoms with van der Waals surface area (Å²) in [5.41, 5.74) is -2.63. The number of hydrogen-bond acceptors (Lipinski definition) is 10. The Labute approximate surface area is 315 Å². The number of methoxy groups -OCH3 is 1. The quantitative estimate of drug-likeness (QED) is 0.281. The van der Waals surface area contributed by atoms with E-state index in [0.29, 0.717) is 41.3 Å². The summed E-state index contributed by atoms with van der Waals surface area (Å²) >= 11 is 6.29. The number of rotatable bonds is 12. The van der Waals surface area contributed by atoms with Gasteiger partial charge >= 0.3 is 12.3 Å². The minimum atomic E-state index is -4.85. The molecule has 0 spiro atoms. The Bertz CT molecular complexity index is 1950. The first kappa shape index (κ1) is 39.6. The number of amides is 4. The molecule has 4 amide bonds. The predicted octanol–water partition coefficient (Wildman–Crippen LogP) is 4.23. The molecule has 0 radical (unpaired) electrons. The number of nitrogens with one attached hydrogen (secondary N) is 3. The number of benzene rings is 1. The topological polar surface area (TPSA) is 182 Å². The molecule has 296 valence electrons. The molecule has 4 fully saturated rings. The Kier molecular flexibility index (Phi) is 10.4. The van der Waals surface area contributed by atoms with Gasteiger partial charge in [-0.3, -0.25) is 19.1 Å². The third-order valence-corrected chi connectivity index (χ3v) is 12.5. The summed E-state index contributed by atoms with van der Waals surface area (Å²) in [5.74, 6) is -2.11. The Morgan fingerprint density at radius 2 is 1.76 bits per heavy atom. The second-order valence-electron chi connectivity index (χ2n) is 15.6. The van der Waals surface area contributed by atoms with Crippen molar-refractivity contribution < 1.29 is 55.0 Å². The van der Waals surface area contributed by atoms with Crippen LogP contribution in [0.15, 0.2) is 24.4 Å². The minimum Gasteiger partial charge on any atom is -0.494 e. The average molecular weight is 802 g/mol. The summed E-state index contributed by atoms with van der Waals surface area (Å²) in [6, 6.07) is 2.17. The molecule has 6 atom stereocenters. The van der Waals surface area contributed by atoms with E-state index in [0.717, 1.165) is 17.7 Å². The van der Waals surface area contributed by atoms with Crippen molar-refractivity contribution >= 4 is 56.2 Å². The Balaban J connectivity index is 1.30. The third kappa shape index (κ3) is 8.28. The number of alkyl carbamates (subject to hydrolysis) is 1. The van der Waals surface area contributed by atoms with Crippen LogP contribution in [0.25, 0.3) is 10.8 Å². The summed E-state index contributed by atoms with van der Waals surface area (Å²) in [6.07, 6.45) is -5.76. The summed E-state index contributed by atoms with van der Waals surface area (Å²) in [6.45, 7) is 5.13. The van der Waals surface area contributed by atoms with E-state index in [2.05, 4.69) is 25.1 Å². The molecule has 54 heavy (non-hydrogen) atoms. The maximum Gasteiger partial charge on any atom is 0.425 e. The first-order valence-corrected chi connectivity index (χ1v) is 19.6. The zero-order valence-electron chi connectivity index (χ0n) is 30.3. The fourth-order valence-electron chi connectivity index (χ4n) is 6.95. The van der Waals surface area contributed by atoms with E-state index in [1.54, 1.807) is 39.0 Å². The zero-order chi connectivity index (χ0) is 39.5. The van der Waals surface area contributed by atoms with Crippen LogP contribution in [0.4, 0.5) is 18.0 Å². The number of fused-ring (bicyclic) bond motifs is 1. The first-order valence-electron chi connectivity index (χ1n) is 17.7. The second-order valence-corrected chi connectivity index (χ2v) is 18.0. The van der Waals surface area contributed by atoms with Gasteiger partial charge in [-0.1, -0.05) is 32.4 Å². The largest absolute Gasteiger partial charge is 0.494 e. The molecule has 1 aromatic carbocycles. The van der Waals surface area contributed by atoms with E-state index >= 15 is 0 Å². The van der Waals surface area contributed by atoms with E-state index in [1.807, 2.05) is 0 Å². The molecule has 2 aromatic rings. The van der Waals surface area contributed by atoms with Crippen LogP contribution in [0, 0.1) is 17.3 Å². The van der Waals surface area contributed by atoms with Crippen molar-refractivity contribution in [2.45, 2.75) is 107 Å². The summed E-state index contributed by atoms with van der Waals surface area (Å²) in [4.78, 5) is 60.6. The van der Waals surface area contributed by atoms with Crippen molar-refractivity contribution in [2.75, 3.05) is 13.7 Å². The minimum absolute atomic E-state index is 0.109. The van der Waals surface area contributed by atoms with Crippen LogP contribution in [0.5, 0.6) is 11.6 Å². The maximum absolute atomic E-state index is 14.4. The lowest BCUT2D eigenvalue weighted by Gasteiger charge is -2.35. The smallest absolute Gasteiger partial charge is 0.425 e. The van der Waals surface area contributed by atoms with Crippen molar-refractivity contribution in [3.8, 4) is 11.6 Å². The number of carbonyl (C=O) groups excluding carboxylic acids is 4. The molecule has 6 rings (SSSR count). The normalized spacial score (nSPS) is 25.4. The Morgan fingerprint density at radius 1 is 1.07 bits per heavy atom. The zero-order valence-corrected chi connectivity index (χ0v) is 31.9. The standard InChI is InChI=1S/C35H43ClF3N5O9S/c1-17(35(37,38)39)52-32(48)41-27(33(2,3)4)30(46)44-16-20(53-29-23-12-19(36)8-11-22(23)26(51-5)15-40-29)13-25(44)28(45)42-34(14-24(34)18-6-7-18)31(47)43-54(49,50)21-9-10-21/h8,11-12,15,17-18,20-21,24-25,27H,6-7,9-10,13-14,16H2,1-5H3,(H,41,48)(H,42,45)(H,43,47)/t17-,20-,24+,25+,27-,34-/m1/s1. The molecule has 0 unspecified atom stereocenters. The van der Waals surface area contributed by atoms with E-state index in [1.165, 1.54) is 13.3 Å². The highest BCUT2D eigenvalue weighted by Gasteiger charge is 2.67. The molecule has 1 aliphatic heterocycles. The lowest BCUT2D eigenvalue weighted by molar-refractivity contribution is -0.197. The molecule has 1 saturated heterocycles. The first-order chi connectivity index (χ1) is 25.1. The molecular formula is C35H43ClF3N5O9S. The van der Waals surface area contributed by atoms with Crippen molar-refractivity contribution in [2.24, 2.45) is 17.3 Å². The molecule has 3 N–H and O–H groups in total. The summed E-state index contributed by atoms with van der Waals surface area (Å²) < 4.78 is 83.5. The number of sulfonamides is 1. The van der Waals surface area contributed by atoms with Gasteiger partial charge in [0.05, 0.1) is 25.1 Å². The number of pyridine rings is 1. The van der Waals surface area contributed by atoms with E-state index < -0.39 is 80.5 Å². The van der Waals surface area contributed by atoms with Gasteiger partial charge in [0.2, 0.25) is 27.7 Å². The highest BCUT2D eigenvalue weighted by molar-refractivity contribution is 7.91. The van der Waals surface area contributed by atoms with Crippen LogP contribution in [-0.2, 0) is 29.1 Å². The maximum atomic E-state index is 14.4. The second kappa shape index (κ2) is 14.2. The molecule has 1 aromatic heterocycles. The molecule has 3 saturated carbocycles. The molecular weight excluding hydrogens is 759 g/mol. The van der Waals surface area contributed by atoms with Crippen molar-refractivity contribution in [1.29, 1.82) is 0 Å². The van der Waals surface area contributed by atoms with E-state index in [-0.39, 0.29) is 37.1 Å². The monoisotopic (exact) mass is 801 g/mol.